The highest BCUT2D eigenvalue weighted by atomic mass is 16.5. The molecule has 3 atom stereocenters. The number of hydrogen-bond donors (Lipinski definition) is 1. The van der Waals surface area contributed by atoms with Gasteiger partial charge in [-0.05, 0) is 37.2 Å². The van der Waals surface area contributed by atoms with Crippen LogP contribution in [0.4, 0.5) is 0 Å². The normalized spacial score (nSPS) is 26.2. The van der Waals surface area contributed by atoms with E-state index in [2.05, 4.69) is 26.0 Å². The van der Waals surface area contributed by atoms with E-state index in [0.717, 1.165) is 37.7 Å². The first kappa shape index (κ1) is 18.2. The van der Waals surface area contributed by atoms with Crippen LogP contribution in [0.15, 0.2) is 30.3 Å². The molecule has 1 aromatic rings. The topological polar surface area (TPSA) is 46.5 Å². The number of Topliss-reactive ketones (excluding diaryl/α,β-unsaturated/α-hetero) is 1. The van der Waals surface area contributed by atoms with Gasteiger partial charge >= 0.3 is 0 Å². The fraction of sp³-hybridized carbons (Fsp3) is 0.650. The van der Waals surface area contributed by atoms with Crippen LogP contribution in [0.1, 0.15) is 57.9 Å². The number of hydrogen-bond acceptors (Lipinski definition) is 3. The first-order chi connectivity index (χ1) is 11.1. The maximum Gasteiger partial charge on any atom is 0.141 e. The summed E-state index contributed by atoms with van der Waals surface area (Å²) in [5.74, 6) is 0.652. The van der Waals surface area contributed by atoms with Crippen LogP contribution >= 0.6 is 0 Å². The Kier molecular flexibility index (Phi) is 6.79. The second-order valence-electron chi connectivity index (χ2n) is 7.20. The molecule has 2 rings (SSSR count). The predicted molar refractivity (Wildman–Crippen MR) is 92.1 cm³/mol. The minimum atomic E-state index is -0.373. The third-order valence-corrected chi connectivity index (χ3v) is 5.22. The van der Waals surface area contributed by atoms with Gasteiger partial charge in [-0.25, -0.2) is 0 Å². The van der Waals surface area contributed by atoms with Crippen molar-refractivity contribution in [3.8, 4) is 0 Å². The molecule has 1 N–H and O–H groups in total. The molecule has 0 aromatic heterocycles. The molecule has 0 bridgehead atoms. The van der Waals surface area contributed by atoms with E-state index in [4.69, 9.17) is 9.84 Å². The highest BCUT2D eigenvalue weighted by Gasteiger charge is 2.43. The summed E-state index contributed by atoms with van der Waals surface area (Å²) in [5.41, 5.74) is 0.782. The number of ketones is 1. The molecule has 0 saturated heterocycles. The Morgan fingerprint density at radius 3 is 2.78 bits per heavy atom. The molecule has 1 fully saturated rings. The van der Waals surface area contributed by atoms with Gasteiger partial charge in [0.1, 0.15) is 5.78 Å². The largest absolute Gasteiger partial charge is 0.396 e. The first-order valence-corrected chi connectivity index (χ1v) is 8.86. The van der Waals surface area contributed by atoms with Gasteiger partial charge < -0.3 is 9.84 Å². The summed E-state index contributed by atoms with van der Waals surface area (Å²) in [7, 11) is 0. The highest BCUT2D eigenvalue weighted by Crippen LogP contribution is 2.40. The second-order valence-corrected chi connectivity index (χ2v) is 7.20. The lowest BCUT2D eigenvalue weighted by molar-refractivity contribution is -0.145. The Labute approximate surface area is 140 Å². The zero-order valence-electron chi connectivity index (χ0n) is 14.5. The highest BCUT2D eigenvalue weighted by molar-refractivity contribution is 5.85. The molecule has 0 aliphatic heterocycles. The van der Waals surface area contributed by atoms with Crippen molar-refractivity contribution in [2.75, 3.05) is 6.61 Å². The summed E-state index contributed by atoms with van der Waals surface area (Å²) in [6.07, 6.45) is 5.37. The van der Waals surface area contributed by atoms with Gasteiger partial charge in [-0.3, -0.25) is 4.79 Å². The van der Waals surface area contributed by atoms with Crippen molar-refractivity contribution >= 4 is 5.78 Å². The number of aliphatic hydroxyl groups excluding tert-OH is 1. The van der Waals surface area contributed by atoms with Crippen molar-refractivity contribution in [3.05, 3.63) is 35.9 Å². The average Bonchev–Trinajstić information content (AvgIpc) is 2.57. The number of aliphatic hydroxyl groups is 1. The summed E-state index contributed by atoms with van der Waals surface area (Å²) in [4.78, 5) is 12.6. The molecule has 23 heavy (non-hydrogen) atoms. The van der Waals surface area contributed by atoms with Crippen LogP contribution in [0.25, 0.3) is 0 Å². The summed E-state index contributed by atoms with van der Waals surface area (Å²) in [6, 6.07) is 10.1. The van der Waals surface area contributed by atoms with Crippen molar-refractivity contribution < 1.29 is 14.6 Å². The standard InChI is InChI=1S/C20H30O3/c1-16(14-21)8-7-13-20(2)18(22)11-6-12-19(20)23-15-17-9-4-3-5-10-17/h3-5,9-10,16,19,21H,6-8,11-15H2,1-2H3. The lowest BCUT2D eigenvalue weighted by Crippen LogP contribution is -2.44. The van der Waals surface area contributed by atoms with Crippen LogP contribution < -0.4 is 0 Å². The van der Waals surface area contributed by atoms with Crippen LogP contribution in [0.3, 0.4) is 0 Å². The fourth-order valence-electron chi connectivity index (χ4n) is 3.48. The minimum absolute atomic E-state index is 0.00777. The monoisotopic (exact) mass is 318 g/mol. The molecule has 0 heterocycles. The molecule has 1 aliphatic rings. The Morgan fingerprint density at radius 2 is 2.09 bits per heavy atom. The van der Waals surface area contributed by atoms with Crippen molar-refractivity contribution in [3.63, 3.8) is 0 Å². The third-order valence-electron chi connectivity index (χ3n) is 5.22. The molecule has 1 saturated carbocycles. The Morgan fingerprint density at radius 1 is 1.35 bits per heavy atom. The fourth-order valence-corrected chi connectivity index (χ4v) is 3.48. The molecule has 1 aliphatic carbocycles. The molecule has 0 spiro atoms. The van der Waals surface area contributed by atoms with Gasteiger partial charge in [0.15, 0.2) is 0 Å². The van der Waals surface area contributed by atoms with E-state index in [1.165, 1.54) is 0 Å². The van der Waals surface area contributed by atoms with Crippen LogP contribution in [0.2, 0.25) is 0 Å². The van der Waals surface area contributed by atoms with Crippen LogP contribution in [0.5, 0.6) is 0 Å². The Hall–Kier alpha value is -1.19. The summed E-state index contributed by atoms with van der Waals surface area (Å²) in [5, 5.41) is 9.16. The van der Waals surface area contributed by atoms with Gasteiger partial charge in [-0.15, -0.1) is 0 Å². The molecular formula is C20H30O3. The smallest absolute Gasteiger partial charge is 0.141 e. The maximum absolute atomic E-state index is 12.6. The molecule has 3 heteroatoms. The van der Waals surface area contributed by atoms with Crippen LogP contribution in [-0.2, 0) is 16.1 Å². The predicted octanol–water partition coefficient (Wildman–Crippen LogP) is 4.13. The van der Waals surface area contributed by atoms with Gasteiger partial charge in [-0.1, -0.05) is 50.6 Å². The van der Waals surface area contributed by atoms with E-state index in [1.54, 1.807) is 0 Å². The molecule has 128 valence electrons. The van der Waals surface area contributed by atoms with Gasteiger partial charge in [0.05, 0.1) is 18.1 Å². The molecule has 0 radical (unpaired) electrons. The second kappa shape index (κ2) is 8.60. The number of benzene rings is 1. The van der Waals surface area contributed by atoms with Crippen LogP contribution in [-0.4, -0.2) is 23.6 Å². The molecule has 0 amide bonds. The summed E-state index contributed by atoms with van der Waals surface area (Å²) in [6.45, 7) is 4.92. The summed E-state index contributed by atoms with van der Waals surface area (Å²) >= 11 is 0. The number of rotatable bonds is 8. The Bertz CT molecular complexity index is 485. The number of carbonyl (C=O) groups is 1. The molecule has 1 aromatic carbocycles. The zero-order chi connectivity index (χ0) is 16.7. The van der Waals surface area contributed by atoms with Gasteiger partial charge in [-0.2, -0.15) is 0 Å². The van der Waals surface area contributed by atoms with Gasteiger partial charge in [0.25, 0.3) is 0 Å². The van der Waals surface area contributed by atoms with Crippen molar-refractivity contribution in [2.24, 2.45) is 11.3 Å². The third kappa shape index (κ3) is 4.89. The molecular weight excluding hydrogens is 288 g/mol. The minimum Gasteiger partial charge on any atom is -0.396 e. The van der Waals surface area contributed by atoms with Gasteiger partial charge in [0, 0.05) is 13.0 Å². The SMILES string of the molecule is CC(CO)CCCC1(C)C(=O)CCCC1OCc1ccccc1. The Balaban J connectivity index is 1.95. The zero-order valence-corrected chi connectivity index (χ0v) is 14.5. The van der Waals surface area contributed by atoms with E-state index in [1.807, 2.05) is 18.2 Å². The van der Waals surface area contributed by atoms with E-state index in [9.17, 15) is 4.79 Å². The lowest BCUT2D eigenvalue weighted by Gasteiger charge is -2.40. The average molecular weight is 318 g/mol. The maximum atomic E-state index is 12.6. The van der Waals surface area contributed by atoms with Crippen molar-refractivity contribution in [2.45, 2.75) is 65.1 Å². The van der Waals surface area contributed by atoms with E-state index in [-0.39, 0.29) is 18.1 Å². The number of ether oxygens (including phenoxy) is 1. The van der Waals surface area contributed by atoms with Crippen LogP contribution in [0, 0.1) is 11.3 Å². The van der Waals surface area contributed by atoms with Crippen molar-refractivity contribution in [1.29, 1.82) is 0 Å². The van der Waals surface area contributed by atoms with E-state index >= 15 is 0 Å². The summed E-state index contributed by atoms with van der Waals surface area (Å²) < 4.78 is 6.17. The quantitative estimate of drug-likeness (QED) is 0.784. The molecule has 3 unspecified atom stereocenters. The number of carbonyl (C=O) groups excluding carboxylic acids is 1. The van der Waals surface area contributed by atoms with E-state index < -0.39 is 0 Å². The van der Waals surface area contributed by atoms with Gasteiger partial charge in [0.2, 0.25) is 0 Å². The molecule has 3 nitrogen and oxygen atoms in total. The first-order valence-electron chi connectivity index (χ1n) is 8.86. The lowest BCUT2D eigenvalue weighted by atomic mass is 9.69. The van der Waals surface area contributed by atoms with E-state index in [0.29, 0.717) is 24.7 Å². The van der Waals surface area contributed by atoms with Crippen molar-refractivity contribution in [1.82, 2.24) is 0 Å².